The van der Waals surface area contributed by atoms with Crippen LogP contribution >= 0.6 is 0 Å². The maximum Gasteiger partial charge on any atom is 0.0295 e. The third-order valence-electron chi connectivity index (χ3n) is 3.72. The van der Waals surface area contributed by atoms with E-state index in [0.717, 1.165) is 6.54 Å². The van der Waals surface area contributed by atoms with E-state index in [-0.39, 0.29) is 0 Å². The van der Waals surface area contributed by atoms with Gasteiger partial charge in [0, 0.05) is 18.6 Å². The van der Waals surface area contributed by atoms with Gasteiger partial charge in [0.05, 0.1) is 0 Å². The summed E-state index contributed by atoms with van der Waals surface area (Å²) in [6.07, 6.45) is 2.64. The minimum atomic E-state index is 0.443. The van der Waals surface area contributed by atoms with Crippen molar-refractivity contribution >= 4 is 0 Å². The van der Waals surface area contributed by atoms with Gasteiger partial charge in [0.25, 0.3) is 0 Å². The number of aryl methyl sites for hydroxylation is 2. The molecule has 0 radical (unpaired) electrons. The van der Waals surface area contributed by atoms with Gasteiger partial charge < -0.3 is 10.6 Å². The van der Waals surface area contributed by atoms with E-state index in [4.69, 9.17) is 0 Å². The predicted molar refractivity (Wildman–Crippen MR) is 73.4 cm³/mol. The molecule has 0 spiro atoms. The molecule has 0 bridgehead atoms. The minimum Gasteiger partial charge on any atom is -0.313 e. The summed E-state index contributed by atoms with van der Waals surface area (Å²) >= 11 is 0. The Kier molecular flexibility index (Phi) is 4.19. The fraction of sp³-hybridized carbons (Fsp3) is 0.600. The van der Waals surface area contributed by atoms with Gasteiger partial charge >= 0.3 is 0 Å². The van der Waals surface area contributed by atoms with E-state index in [1.54, 1.807) is 0 Å². The lowest BCUT2D eigenvalue weighted by molar-refractivity contribution is 0.489. The molecule has 1 heterocycles. The summed E-state index contributed by atoms with van der Waals surface area (Å²) < 4.78 is 0. The van der Waals surface area contributed by atoms with Gasteiger partial charge in [-0.05, 0) is 51.3 Å². The fourth-order valence-electron chi connectivity index (χ4n) is 2.67. The van der Waals surface area contributed by atoms with Gasteiger partial charge in [-0.1, -0.05) is 23.8 Å². The predicted octanol–water partition coefficient (Wildman–Crippen LogP) is 2.71. The maximum absolute atomic E-state index is 3.64. The topological polar surface area (TPSA) is 24.1 Å². The van der Waals surface area contributed by atoms with E-state index in [0.29, 0.717) is 12.1 Å². The van der Waals surface area contributed by atoms with Crippen molar-refractivity contribution < 1.29 is 0 Å². The zero-order chi connectivity index (χ0) is 12.3. The van der Waals surface area contributed by atoms with E-state index in [2.05, 4.69) is 49.6 Å². The number of nitrogens with one attached hydrogen (secondary N) is 2. The summed E-state index contributed by atoms with van der Waals surface area (Å²) in [7, 11) is 0. The van der Waals surface area contributed by atoms with Crippen LogP contribution in [-0.4, -0.2) is 19.1 Å². The zero-order valence-electron chi connectivity index (χ0n) is 11.2. The molecule has 0 saturated carbocycles. The molecule has 1 aliphatic heterocycles. The first-order valence-electron chi connectivity index (χ1n) is 6.71. The van der Waals surface area contributed by atoms with Crippen LogP contribution in [-0.2, 0) is 0 Å². The van der Waals surface area contributed by atoms with Gasteiger partial charge in [-0.2, -0.15) is 0 Å². The molecule has 94 valence electrons. The second kappa shape index (κ2) is 5.65. The highest BCUT2D eigenvalue weighted by Gasteiger charge is 2.15. The van der Waals surface area contributed by atoms with Crippen LogP contribution in [0.5, 0.6) is 0 Å². The summed E-state index contributed by atoms with van der Waals surface area (Å²) in [5.74, 6) is 0. The standard InChI is InChI=1S/C15H24N2/c1-11-6-7-15(12(2)9-11)13(3)17-10-14-5-4-8-16-14/h6-7,9,13-14,16-17H,4-5,8,10H2,1-3H3. The summed E-state index contributed by atoms with van der Waals surface area (Å²) in [4.78, 5) is 0. The molecule has 1 aromatic carbocycles. The van der Waals surface area contributed by atoms with Crippen LogP contribution in [0.4, 0.5) is 0 Å². The highest BCUT2D eigenvalue weighted by atomic mass is 15.0. The highest BCUT2D eigenvalue weighted by molar-refractivity contribution is 5.32. The van der Waals surface area contributed by atoms with Crippen LogP contribution in [0, 0.1) is 13.8 Å². The second-order valence-corrected chi connectivity index (χ2v) is 5.28. The Balaban J connectivity index is 1.91. The molecule has 17 heavy (non-hydrogen) atoms. The first-order chi connectivity index (χ1) is 8.16. The monoisotopic (exact) mass is 232 g/mol. The normalized spacial score (nSPS) is 21.7. The number of rotatable bonds is 4. The Morgan fingerprint density at radius 3 is 2.88 bits per heavy atom. The minimum absolute atomic E-state index is 0.443. The molecule has 1 aromatic rings. The van der Waals surface area contributed by atoms with Crippen LogP contribution in [0.25, 0.3) is 0 Å². The van der Waals surface area contributed by atoms with Gasteiger partial charge in [-0.15, -0.1) is 0 Å². The SMILES string of the molecule is Cc1ccc(C(C)NCC2CCCN2)c(C)c1. The lowest BCUT2D eigenvalue weighted by Crippen LogP contribution is -2.35. The average Bonchev–Trinajstić information content (AvgIpc) is 2.78. The zero-order valence-corrected chi connectivity index (χ0v) is 11.2. The summed E-state index contributed by atoms with van der Waals surface area (Å²) in [5, 5.41) is 7.16. The molecule has 2 atom stereocenters. The fourth-order valence-corrected chi connectivity index (χ4v) is 2.67. The molecule has 2 unspecified atom stereocenters. The van der Waals surface area contributed by atoms with Gasteiger partial charge in [-0.25, -0.2) is 0 Å². The van der Waals surface area contributed by atoms with Crippen molar-refractivity contribution in [3.05, 3.63) is 34.9 Å². The van der Waals surface area contributed by atoms with E-state index >= 15 is 0 Å². The first-order valence-corrected chi connectivity index (χ1v) is 6.71. The van der Waals surface area contributed by atoms with Crippen LogP contribution < -0.4 is 10.6 Å². The molecule has 0 amide bonds. The van der Waals surface area contributed by atoms with Gasteiger partial charge in [0.1, 0.15) is 0 Å². The van der Waals surface area contributed by atoms with Crippen molar-refractivity contribution in [1.29, 1.82) is 0 Å². The Hall–Kier alpha value is -0.860. The molecule has 2 heteroatoms. The third-order valence-corrected chi connectivity index (χ3v) is 3.72. The molecule has 0 aromatic heterocycles. The summed E-state index contributed by atoms with van der Waals surface area (Å²) in [6, 6.07) is 7.83. The lowest BCUT2D eigenvalue weighted by atomic mass is 10.00. The average molecular weight is 232 g/mol. The van der Waals surface area contributed by atoms with Crippen molar-refractivity contribution in [2.75, 3.05) is 13.1 Å². The van der Waals surface area contributed by atoms with Crippen LogP contribution in [0.1, 0.15) is 42.5 Å². The molecule has 2 N–H and O–H groups in total. The molecule has 1 aliphatic rings. The number of benzene rings is 1. The van der Waals surface area contributed by atoms with Crippen molar-refractivity contribution in [2.45, 2.75) is 45.7 Å². The van der Waals surface area contributed by atoms with Crippen LogP contribution in [0.2, 0.25) is 0 Å². The molecule has 0 aliphatic carbocycles. The number of hydrogen-bond acceptors (Lipinski definition) is 2. The molecule has 1 fully saturated rings. The smallest absolute Gasteiger partial charge is 0.0295 e. The first kappa shape index (κ1) is 12.6. The Bertz CT molecular complexity index is 367. The largest absolute Gasteiger partial charge is 0.313 e. The summed E-state index contributed by atoms with van der Waals surface area (Å²) in [5.41, 5.74) is 4.16. The van der Waals surface area contributed by atoms with Crippen molar-refractivity contribution in [3.63, 3.8) is 0 Å². The Labute approximate surface area is 105 Å². The Morgan fingerprint density at radius 2 is 2.24 bits per heavy atom. The number of hydrogen-bond donors (Lipinski definition) is 2. The second-order valence-electron chi connectivity index (χ2n) is 5.28. The van der Waals surface area contributed by atoms with Gasteiger partial charge in [0.15, 0.2) is 0 Å². The third kappa shape index (κ3) is 3.30. The van der Waals surface area contributed by atoms with E-state index in [1.165, 1.54) is 36.1 Å². The maximum atomic E-state index is 3.64. The van der Waals surface area contributed by atoms with E-state index in [1.807, 2.05) is 0 Å². The molecular weight excluding hydrogens is 208 g/mol. The van der Waals surface area contributed by atoms with E-state index < -0.39 is 0 Å². The van der Waals surface area contributed by atoms with Gasteiger partial charge in [0.2, 0.25) is 0 Å². The Morgan fingerprint density at radius 1 is 1.41 bits per heavy atom. The molecule has 1 saturated heterocycles. The molecular formula is C15H24N2. The van der Waals surface area contributed by atoms with Crippen molar-refractivity contribution in [3.8, 4) is 0 Å². The lowest BCUT2D eigenvalue weighted by Gasteiger charge is -2.19. The quantitative estimate of drug-likeness (QED) is 0.834. The van der Waals surface area contributed by atoms with Crippen LogP contribution in [0.15, 0.2) is 18.2 Å². The molecule has 2 nitrogen and oxygen atoms in total. The van der Waals surface area contributed by atoms with Crippen LogP contribution in [0.3, 0.4) is 0 Å². The van der Waals surface area contributed by atoms with E-state index in [9.17, 15) is 0 Å². The summed E-state index contributed by atoms with van der Waals surface area (Å²) in [6.45, 7) is 8.87. The van der Waals surface area contributed by atoms with Gasteiger partial charge in [-0.3, -0.25) is 0 Å². The van der Waals surface area contributed by atoms with Crippen molar-refractivity contribution in [1.82, 2.24) is 10.6 Å². The highest BCUT2D eigenvalue weighted by Crippen LogP contribution is 2.18. The van der Waals surface area contributed by atoms with Crippen molar-refractivity contribution in [2.24, 2.45) is 0 Å². The molecule has 2 rings (SSSR count).